The molecule has 0 aliphatic rings. The fourth-order valence-electron chi connectivity index (χ4n) is 2.44. The number of aromatic nitrogens is 1. The molecule has 4 aromatic rings. The summed E-state index contributed by atoms with van der Waals surface area (Å²) in [4.78, 5) is 0. The largest absolute Gasteiger partial charge is 0.200 e. The van der Waals surface area contributed by atoms with Crippen molar-refractivity contribution in [2.24, 2.45) is 0 Å². The molecule has 1 nitrogen and oxygen atoms in total. The fraction of sp³-hybridized carbons (Fsp3) is 0. The van der Waals surface area contributed by atoms with E-state index >= 15 is 0 Å². The van der Waals surface area contributed by atoms with Crippen LogP contribution >= 0.6 is 11.5 Å². The lowest BCUT2D eigenvalue weighted by molar-refractivity contribution is 1.61. The van der Waals surface area contributed by atoms with Crippen LogP contribution in [0.5, 0.6) is 0 Å². The van der Waals surface area contributed by atoms with Gasteiger partial charge in [0.1, 0.15) is 0 Å². The van der Waals surface area contributed by atoms with Crippen LogP contribution in [0.4, 0.5) is 0 Å². The summed E-state index contributed by atoms with van der Waals surface area (Å²) in [6.45, 7) is 0. The van der Waals surface area contributed by atoms with E-state index in [-0.39, 0.29) is 0 Å². The molecule has 17 heavy (non-hydrogen) atoms. The molecule has 0 radical (unpaired) electrons. The normalized spacial score (nSPS) is 11.5. The molecule has 0 unspecified atom stereocenters. The summed E-state index contributed by atoms with van der Waals surface area (Å²) < 4.78 is 5.53. The van der Waals surface area contributed by atoms with E-state index in [1.54, 1.807) is 11.5 Å². The van der Waals surface area contributed by atoms with Crippen molar-refractivity contribution < 1.29 is 0 Å². The smallest absolute Gasteiger partial charge is 0.0556 e. The van der Waals surface area contributed by atoms with Crippen molar-refractivity contribution >= 4 is 43.2 Å². The monoisotopic (exact) mass is 235 g/mol. The molecule has 0 saturated carbocycles. The Morgan fingerprint density at radius 2 is 1.53 bits per heavy atom. The average Bonchev–Trinajstić information content (AvgIpc) is 2.86. The summed E-state index contributed by atoms with van der Waals surface area (Å²) in [5.41, 5.74) is 0. The number of hydrogen-bond donors (Lipinski definition) is 0. The molecular weight excluding hydrogens is 226 g/mol. The third-order valence-electron chi connectivity index (χ3n) is 3.26. The van der Waals surface area contributed by atoms with Crippen molar-refractivity contribution in [2.45, 2.75) is 0 Å². The Hall–Kier alpha value is -1.93. The summed E-state index contributed by atoms with van der Waals surface area (Å²) in [5.74, 6) is 0. The molecule has 3 aromatic carbocycles. The number of rotatable bonds is 0. The summed E-state index contributed by atoms with van der Waals surface area (Å²) in [7, 11) is 0. The van der Waals surface area contributed by atoms with Gasteiger partial charge in [-0.2, -0.15) is 4.37 Å². The fourth-order valence-corrected chi connectivity index (χ4v) is 3.10. The Labute approximate surface area is 102 Å². The van der Waals surface area contributed by atoms with Gasteiger partial charge in [0.25, 0.3) is 0 Å². The molecule has 0 amide bonds. The zero-order chi connectivity index (χ0) is 11.2. The Morgan fingerprint density at radius 3 is 2.53 bits per heavy atom. The zero-order valence-corrected chi connectivity index (χ0v) is 9.87. The van der Waals surface area contributed by atoms with Gasteiger partial charge < -0.3 is 0 Å². The molecule has 1 aromatic heterocycles. The van der Waals surface area contributed by atoms with E-state index in [0.717, 1.165) is 0 Å². The average molecular weight is 235 g/mol. The van der Waals surface area contributed by atoms with Crippen LogP contribution < -0.4 is 0 Å². The first-order chi connectivity index (χ1) is 8.43. The van der Waals surface area contributed by atoms with Crippen LogP contribution in [0.25, 0.3) is 31.6 Å². The maximum Gasteiger partial charge on any atom is 0.0556 e. The van der Waals surface area contributed by atoms with Gasteiger partial charge in [0.15, 0.2) is 0 Å². The number of nitrogens with zero attached hydrogens (tertiary/aromatic N) is 1. The van der Waals surface area contributed by atoms with E-state index in [2.05, 4.69) is 52.9 Å². The van der Waals surface area contributed by atoms with Crippen LogP contribution in [0, 0.1) is 0 Å². The minimum atomic E-state index is 1.26. The maximum absolute atomic E-state index is 4.27. The van der Waals surface area contributed by atoms with Gasteiger partial charge in [0.05, 0.1) is 4.70 Å². The van der Waals surface area contributed by atoms with Crippen LogP contribution in [-0.2, 0) is 0 Å². The first-order valence-corrected chi connectivity index (χ1v) is 6.36. The molecule has 0 bridgehead atoms. The van der Waals surface area contributed by atoms with Gasteiger partial charge >= 0.3 is 0 Å². The first-order valence-electron chi connectivity index (χ1n) is 5.58. The van der Waals surface area contributed by atoms with Gasteiger partial charge in [-0.05, 0) is 39.1 Å². The van der Waals surface area contributed by atoms with Crippen LogP contribution in [-0.4, -0.2) is 4.37 Å². The van der Waals surface area contributed by atoms with Crippen molar-refractivity contribution in [3.8, 4) is 0 Å². The molecule has 0 atom stereocenters. The first kappa shape index (κ1) is 9.14. The highest BCUT2D eigenvalue weighted by atomic mass is 32.1. The molecular formula is C15H9NS. The van der Waals surface area contributed by atoms with E-state index in [1.165, 1.54) is 31.6 Å². The van der Waals surface area contributed by atoms with E-state index in [9.17, 15) is 0 Å². The van der Waals surface area contributed by atoms with Crippen molar-refractivity contribution in [2.75, 3.05) is 0 Å². The maximum atomic E-state index is 4.27. The van der Waals surface area contributed by atoms with Gasteiger partial charge in [-0.15, -0.1) is 0 Å². The summed E-state index contributed by atoms with van der Waals surface area (Å²) in [6.07, 6.45) is 1.97. The summed E-state index contributed by atoms with van der Waals surface area (Å²) in [5, 5.41) is 6.49. The molecule has 80 valence electrons. The molecule has 0 spiro atoms. The van der Waals surface area contributed by atoms with Gasteiger partial charge in [0, 0.05) is 11.6 Å². The van der Waals surface area contributed by atoms with E-state index in [1.807, 2.05) is 6.20 Å². The molecule has 4 rings (SSSR count). The predicted octanol–water partition coefficient (Wildman–Crippen LogP) is 4.60. The number of fused-ring (bicyclic) bond motifs is 5. The molecule has 2 heteroatoms. The minimum absolute atomic E-state index is 1.26. The second-order valence-corrected chi connectivity index (χ2v) is 5.02. The molecule has 0 aliphatic heterocycles. The Morgan fingerprint density at radius 1 is 0.706 bits per heavy atom. The number of hydrogen-bond acceptors (Lipinski definition) is 2. The van der Waals surface area contributed by atoms with Crippen molar-refractivity contribution in [1.29, 1.82) is 0 Å². The molecule has 0 fully saturated rings. The highest BCUT2D eigenvalue weighted by Gasteiger charge is 2.05. The second kappa shape index (κ2) is 3.28. The van der Waals surface area contributed by atoms with Crippen LogP contribution in [0.2, 0.25) is 0 Å². The highest BCUT2D eigenvalue weighted by molar-refractivity contribution is 7.13. The Bertz CT molecular complexity index is 845. The SMILES string of the molecule is c1ccc2c(c1)ccc1c3cnsc3ccc21. The standard InChI is InChI=1S/C15H9NS/c1-2-4-11-10(3-1)5-6-13-12(11)7-8-15-14(13)9-16-17-15/h1-9H. The van der Waals surface area contributed by atoms with Crippen LogP contribution in [0.3, 0.4) is 0 Å². The lowest BCUT2D eigenvalue weighted by Gasteiger charge is -2.04. The van der Waals surface area contributed by atoms with Crippen LogP contribution in [0.15, 0.2) is 54.7 Å². The predicted molar refractivity (Wildman–Crippen MR) is 74.6 cm³/mol. The van der Waals surface area contributed by atoms with E-state index in [0.29, 0.717) is 0 Å². The quantitative estimate of drug-likeness (QED) is 0.406. The van der Waals surface area contributed by atoms with Crippen molar-refractivity contribution in [1.82, 2.24) is 4.37 Å². The third-order valence-corrected chi connectivity index (χ3v) is 4.02. The molecule has 0 N–H and O–H groups in total. The van der Waals surface area contributed by atoms with E-state index < -0.39 is 0 Å². The third kappa shape index (κ3) is 1.22. The lowest BCUT2D eigenvalue weighted by atomic mass is 10.0. The van der Waals surface area contributed by atoms with Gasteiger partial charge in [0.2, 0.25) is 0 Å². The Balaban J connectivity index is 2.34. The van der Waals surface area contributed by atoms with Crippen LogP contribution in [0.1, 0.15) is 0 Å². The molecule has 1 heterocycles. The van der Waals surface area contributed by atoms with Gasteiger partial charge in [-0.25, -0.2) is 0 Å². The van der Waals surface area contributed by atoms with Gasteiger partial charge in [-0.3, -0.25) is 0 Å². The highest BCUT2D eigenvalue weighted by Crippen LogP contribution is 2.32. The topological polar surface area (TPSA) is 12.9 Å². The van der Waals surface area contributed by atoms with E-state index in [4.69, 9.17) is 0 Å². The van der Waals surface area contributed by atoms with Crippen molar-refractivity contribution in [3.05, 3.63) is 54.7 Å². The minimum Gasteiger partial charge on any atom is -0.200 e. The summed E-state index contributed by atoms with van der Waals surface area (Å²) >= 11 is 1.56. The van der Waals surface area contributed by atoms with Crippen molar-refractivity contribution in [3.63, 3.8) is 0 Å². The van der Waals surface area contributed by atoms with Gasteiger partial charge in [-0.1, -0.05) is 42.5 Å². The second-order valence-electron chi connectivity index (χ2n) is 4.18. The molecule has 0 aliphatic carbocycles. The molecule has 0 saturated heterocycles. The summed E-state index contributed by atoms with van der Waals surface area (Å²) in [6, 6.07) is 17.3. The lowest BCUT2D eigenvalue weighted by Crippen LogP contribution is -1.77. The zero-order valence-electron chi connectivity index (χ0n) is 9.05. The Kier molecular flexibility index (Phi) is 1.76. The number of benzene rings is 3.